The zero-order valence-corrected chi connectivity index (χ0v) is 18.4. The van der Waals surface area contributed by atoms with E-state index in [1.54, 1.807) is 6.26 Å². The molecule has 0 fully saturated rings. The van der Waals surface area contributed by atoms with E-state index in [9.17, 15) is 0 Å². The van der Waals surface area contributed by atoms with Crippen molar-refractivity contribution in [2.24, 2.45) is 0 Å². The molecule has 0 saturated carbocycles. The van der Waals surface area contributed by atoms with Crippen LogP contribution in [0.5, 0.6) is 0 Å². The van der Waals surface area contributed by atoms with E-state index < -0.39 is 0 Å². The molecule has 0 saturated heterocycles. The molecule has 0 nitrogen and oxygen atoms in total. The van der Waals surface area contributed by atoms with Gasteiger partial charge in [-0.05, 0) is 23.8 Å². The van der Waals surface area contributed by atoms with E-state index in [0.29, 0.717) is 0 Å². The van der Waals surface area contributed by atoms with Gasteiger partial charge in [-0.3, -0.25) is 0 Å². The summed E-state index contributed by atoms with van der Waals surface area (Å²) >= 11 is 5.94. The summed E-state index contributed by atoms with van der Waals surface area (Å²) in [5.74, 6) is 1.10. The molecule has 0 bridgehead atoms. The SMILES string of the molecule is CSCc1ccc(Cc2cc[c-]cc2)cc1.C[S-].[Rb+]. The molecule has 0 aromatic heterocycles. The molecule has 0 N–H and O–H groups in total. The minimum absolute atomic E-state index is 0. The van der Waals surface area contributed by atoms with Crippen LogP contribution in [-0.2, 0) is 24.8 Å². The van der Waals surface area contributed by atoms with Crippen LogP contribution >= 0.6 is 11.8 Å². The molecule has 96 valence electrons. The maximum Gasteiger partial charge on any atom is 1.00 e. The molecule has 0 amide bonds. The Morgan fingerprint density at radius 1 is 0.895 bits per heavy atom. The smallest absolute Gasteiger partial charge is 0.796 e. The molecule has 2 rings (SSSR count). The van der Waals surface area contributed by atoms with E-state index >= 15 is 0 Å². The quantitative estimate of drug-likeness (QED) is 0.592. The number of thioether (sulfide) groups is 1. The summed E-state index contributed by atoms with van der Waals surface area (Å²) in [6.07, 6.45) is 4.72. The molecule has 0 unspecified atom stereocenters. The maximum absolute atomic E-state index is 4.08. The van der Waals surface area contributed by atoms with Gasteiger partial charge >= 0.3 is 58.2 Å². The van der Waals surface area contributed by atoms with Crippen LogP contribution in [0.4, 0.5) is 0 Å². The maximum atomic E-state index is 4.08. The summed E-state index contributed by atoms with van der Waals surface area (Å²) < 4.78 is 0. The van der Waals surface area contributed by atoms with Gasteiger partial charge in [0.05, 0.1) is 0 Å². The van der Waals surface area contributed by atoms with E-state index in [2.05, 4.69) is 61.3 Å². The van der Waals surface area contributed by atoms with E-state index in [0.717, 1.165) is 12.2 Å². The second-order valence-corrected chi connectivity index (χ2v) is 4.70. The number of benzene rings is 2. The minimum atomic E-state index is 0. The summed E-state index contributed by atoms with van der Waals surface area (Å²) in [6.45, 7) is 0. The molecule has 2 aromatic carbocycles. The Morgan fingerprint density at radius 3 is 1.89 bits per heavy atom. The third kappa shape index (κ3) is 8.08. The van der Waals surface area contributed by atoms with Crippen LogP contribution in [0.1, 0.15) is 16.7 Å². The van der Waals surface area contributed by atoms with Crippen LogP contribution in [0.25, 0.3) is 0 Å². The summed E-state index contributed by atoms with van der Waals surface area (Å²) in [5.41, 5.74) is 4.12. The van der Waals surface area contributed by atoms with Crippen LogP contribution in [-0.4, -0.2) is 12.5 Å². The van der Waals surface area contributed by atoms with Crippen LogP contribution in [0, 0.1) is 6.07 Å². The van der Waals surface area contributed by atoms with Crippen molar-refractivity contribution >= 4 is 24.4 Å². The van der Waals surface area contributed by atoms with Crippen molar-refractivity contribution in [3.05, 3.63) is 71.3 Å². The first-order valence-corrected chi connectivity index (χ1v) is 8.02. The molecular weight excluding hydrogens is 342 g/mol. The van der Waals surface area contributed by atoms with Crippen LogP contribution in [0.3, 0.4) is 0 Å². The third-order valence-corrected chi connectivity index (χ3v) is 3.15. The average Bonchev–Trinajstić information content (AvgIpc) is 2.45. The molecule has 0 atom stereocenters. The van der Waals surface area contributed by atoms with E-state index in [1.807, 2.05) is 23.9 Å². The summed E-state index contributed by atoms with van der Waals surface area (Å²) in [4.78, 5) is 0. The molecule has 0 radical (unpaired) electrons. The fourth-order valence-electron chi connectivity index (χ4n) is 1.69. The van der Waals surface area contributed by atoms with Crippen molar-refractivity contribution in [1.82, 2.24) is 0 Å². The van der Waals surface area contributed by atoms with E-state index in [4.69, 9.17) is 0 Å². The van der Waals surface area contributed by atoms with Crippen LogP contribution in [0.2, 0.25) is 0 Å². The van der Waals surface area contributed by atoms with Gasteiger partial charge in [-0.1, -0.05) is 24.3 Å². The predicted molar refractivity (Wildman–Crippen MR) is 85.0 cm³/mol. The van der Waals surface area contributed by atoms with Gasteiger partial charge in [-0.25, -0.2) is 0 Å². The van der Waals surface area contributed by atoms with Gasteiger partial charge in [0, 0.05) is 5.75 Å². The standard InChI is InChI=1S/C15H15S.CH4S.Rb/c1-16-12-15-9-7-14(8-10-15)11-13-5-3-2-4-6-13;1-2;/h3-10H,11-12H2,1H3;2H,1H3;/q-1;;+1/p-1. The van der Waals surface area contributed by atoms with Gasteiger partial charge < -0.3 is 12.6 Å². The van der Waals surface area contributed by atoms with Gasteiger partial charge in [-0.2, -0.15) is 53.9 Å². The van der Waals surface area contributed by atoms with Crippen molar-refractivity contribution in [1.29, 1.82) is 0 Å². The zero-order chi connectivity index (χ0) is 13.2. The summed E-state index contributed by atoms with van der Waals surface area (Å²) in [7, 11) is 0. The Balaban J connectivity index is 0.00000103. The molecular formula is C16H18RbS2-. The Bertz CT molecular complexity index is 426. The van der Waals surface area contributed by atoms with Gasteiger partial charge in [0.1, 0.15) is 0 Å². The summed E-state index contributed by atoms with van der Waals surface area (Å²) in [5, 5.41) is 0. The second kappa shape index (κ2) is 12.7. The van der Waals surface area contributed by atoms with Crippen molar-refractivity contribution in [3.8, 4) is 0 Å². The molecule has 3 heteroatoms. The number of rotatable bonds is 4. The van der Waals surface area contributed by atoms with Crippen molar-refractivity contribution < 1.29 is 58.2 Å². The Hall–Kier alpha value is 0.945. The van der Waals surface area contributed by atoms with Crippen molar-refractivity contribution in [2.45, 2.75) is 12.2 Å². The molecule has 2 aromatic rings. The molecule has 0 aliphatic carbocycles. The largest absolute Gasteiger partial charge is 1.00 e. The third-order valence-electron chi connectivity index (χ3n) is 2.53. The Labute approximate surface area is 176 Å². The zero-order valence-electron chi connectivity index (χ0n) is 11.8. The number of hydrogen-bond donors (Lipinski definition) is 0. The first-order chi connectivity index (χ1) is 8.88. The Morgan fingerprint density at radius 2 is 1.37 bits per heavy atom. The van der Waals surface area contributed by atoms with Crippen molar-refractivity contribution in [3.63, 3.8) is 0 Å². The fraction of sp³-hybridized carbons (Fsp3) is 0.250. The van der Waals surface area contributed by atoms with Crippen LogP contribution in [0.15, 0.2) is 48.5 Å². The number of hydrogen-bond acceptors (Lipinski definition) is 2. The van der Waals surface area contributed by atoms with Crippen molar-refractivity contribution in [2.75, 3.05) is 12.5 Å². The van der Waals surface area contributed by atoms with E-state index in [-0.39, 0.29) is 58.2 Å². The molecule has 0 heterocycles. The fourth-order valence-corrected chi connectivity index (χ4v) is 2.22. The van der Waals surface area contributed by atoms with Gasteiger partial charge in [0.15, 0.2) is 0 Å². The van der Waals surface area contributed by atoms with Gasteiger partial charge in [0.2, 0.25) is 0 Å². The normalized spacial score (nSPS) is 9.00. The van der Waals surface area contributed by atoms with Crippen LogP contribution < -0.4 is 58.2 Å². The van der Waals surface area contributed by atoms with Gasteiger partial charge in [-0.15, -0.1) is 0 Å². The molecule has 0 spiro atoms. The topological polar surface area (TPSA) is 0 Å². The summed E-state index contributed by atoms with van der Waals surface area (Å²) in [6, 6.07) is 20.1. The average molecular weight is 360 g/mol. The monoisotopic (exact) mass is 359 g/mol. The Kier molecular flexibility index (Phi) is 13.3. The predicted octanol–water partition coefficient (Wildman–Crippen LogP) is 1.11. The first-order valence-electron chi connectivity index (χ1n) is 5.81. The molecule has 0 aliphatic heterocycles. The minimum Gasteiger partial charge on any atom is -0.796 e. The molecule has 19 heavy (non-hydrogen) atoms. The second-order valence-electron chi connectivity index (χ2n) is 3.83. The van der Waals surface area contributed by atoms with E-state index in [1.165, 1.54) is 16.7 Å². The first kappa shape index (κ1) is 19.9. The molecule has 0 aliphatic rings. The van der Waals surface area contributed by atoms with Gasteiger partial charge in [0.25, 0.3) is 0 Å².